The molecule has 3 aromatic carbocycles. The Balaban J connectivity index is 1.34. The van der Waals surface area contributed by atoms with E-state index in [2.05, 4.69) is 10.6 Å². The molecule has 1 atom stereocenters. The van der Waals surface area contributed by atoms with Crippen LogP contribution in [0.4, 0.5) is 16.2 Å². The Labute approximate surface area is 226 Å². The summed E-state index contributed by atoms with van der Waals surface area (Å²) in [4.78, 5) is 39.7. The molecule has 1 heterocycles. The molecule has 4 rings (SSSR count). The van der Waals surface area contributed by atoms with Crippen molar-refractivity contribution in [2.45, 2.75) is 37.1 Å². The first kappa shape index (κ1) is 27.1. The number of carboxylic acid groups (broad SMARTS) is 1. The minimum Gasteiger partial charge on any atom is -0.495 e. The van der Waals surface area contributed by atoms with Crippen LogP contribution in [0.1, 0.15) is 34.3 Å². The predicted octanol–water partition coefficient (Wildman–Crippen LogP) is 5.67. The molecule has 1 unspecified atom stereocenters. The van der Waals surface area contributed by atoms with Gasteiger partial charge >= 0.3 is 12.0 Å². The van der Waals surface area contributed by atoms with Crippen LogP contribution in [0.15, 0.2) is 71.6 Å². The largest absolute Gasteiger partial charge is 0.495 e. The van der Waals surface area contributed by atoms with Crippen molar-refractivity contribution >= 4 is 41.0 Å². The number of para-hydroxylation sites is 1. The number of carbonyl (C=O) groups excluding carboxylic acids is 2. The normalized spacial score (nSPS) is 14.7. The van der Waals surface area contributed by atoms with Crippen molar-refractivity contribution in [1.82, 2.24) is 4.90 Å². The molecule has 0 radical (unpaired) electrons. The van der Waals surface area contributed by atoms with Crippen LogP contribution in [-0.4, -0.2) is 53.4 Å². The number of hydrogen-bond donors (Lipinski definition) is 3. The third-order valence-corrected chi connectivity index (χ3v) is 7.66. The lowest BCUT2D eigenvalue weighted by Gasteiger charge is -2.25. The van der Waals surface area contributed by atoms with Gasteiger partial charge in [-0.25, -0.2) is 9.59 Å². The molecule has 1 fully saturated rings. The van der Waals surface area contributed by atoms with Crippen LogP contribution in [-0.2, 0) is 11.2 Å². The predicted molar refractivity (Wildman–Crippen MR) is 149 cm³/mol. The maximum absolute atomic E-state index is 13.2. The average molecular weight is 534 g/mol. The molecule has 1 aliphatic heterocycles. The lowest BCUT2D eigenvalue weighted by atomic mass is 10.1. The Bertz CT molecular complexity index is 1310. The van der Waals surface area contributed by atoms with E-state index < -0.39 is 5.97 Å². The van der Waals surface area contributed by atoms with Crippen LogP contribution < -0.4 is 15.4 Å². The highest BCUT2D eigenvalue weighted by Gasteiger charge is 2.28. The Morgan fingerprint density at radius 2 is 1.76 bits per heavy atom. The number of urea groups is 1. The lowest BCUT2D eigenvalue weighted by molar-refractivity contribution is -0.130. The molecule has 0 saturated carbocycles. The summed E-state index contributed by atoms with van der Waals surface area (Å²) < 4.78 is 5.49. The third kappa shape index (κ3) is 6.86. The third-order valence-electron chi connectivity index (χ3n) is 6.50. The summed E-state index contributed by atoms with van der Waals surface area (Å²) in [5.41, 5.74) is 3.26. The molecule has 1 saturated heterocycles. The van der Waals surface area contributed by atoms with Crippen LogP contribution >= 0.6 is 11.8 Å². The van der Waals surface area contributed by atoms with Gasteiger partial charge in [0, 0.05) is 28.9 Å². The van der Waals surface area contributed by atoms with Crippen molar-refractivity contribution in [2.75, 3.05) is 30.0 Å². The Hall–Kier alpha value is -3.98. The zero-order valence-corrected chi connectivity index (χ0v) is 22.2. The summed E-state index contributed by atoms with van der Waals surface area (Å²) in [7, 11) is 1.53. The minimum absolute atomic E-state index is 0.0504. The Kier molecular flexibility index (Phi) is 8.91. The number of likely N-dealkylation sites (tertiary alicyclic amines) is 1. The van der Waals surface area contributed by atoms with E-state index >= 15 is 0 Å². The van der Waals surface area contributed by atoms with E-state index in [-0.39, 0.29) is 30.0 Å². The SMILES string of the molecule is COc1cc(CC(=O)N2CCCC2CSc2ccc(C(=O)O)cc2)ccc1NC(=O)Nc1ccccc1C. The van der Waals surface area contributed by atoms with Gasteiger partial charge in [0.25, 0.3) is 0 Å². The number of nitrogens with zero attached hydrogens (tertiary/aromatic N) is 1. The molecular weight excluding hydrogens is 502 g/mol. The number of anilines is 2. The summed E-state index contributed by atoms with van der Waals surface area (Å²) in [5, 5.41) is 14.7. The Morgan fingerprint density at radius 1 is 1.03 bits per heavy atom. The molecule has 0 spiro atoms. The van der Waals surface area contributed by atoms with Gasteiger partial charge in [-0.05, 0) is 73.4 Å². The average Bonchev–Trinajstić information content (AvgIpc) is 3.39. The molecule has 3 amide bonds. The molecule has 9 heteroatoms. The summed E-state index contributed by atoms with van der Waals surface area (Å²) in [5.74, 6) is 0.336. The first-order valence-electron chi connectivity index (χ1n) is 12.4. The molecule has 0 aromatic heterocycles. The molecule has 38 heavy (non-hydrogen) atoms. The summed E-state index contributed by atoms with van der Waals surface area (Å²) in [6.07, 6.45) is 2.13. The van der Waals surface area contributed by atoms with Crippen molar-refractivity contribution in [3.8, 4) is 5.75 Å². The highest BCUT2D eigenvalue weighted by Crippen LogP contribution is 2.29. The maximum Gasteiger partial charge on any atom is 0.335 e. The molecule has 198 valence electrons. The number of methoxy groups -OCH3 is 1. The van der Waals surface area contributed by atoms with Gasteiger partial charge in [0.1, 0.15) is 5.75 Å². The van der Waals surface area contributed by atoms with E-state index in [1.165, 1.54) is 7.11 Å². The van der Waals surface area contributed by atoms with E-state index in [4.69, 9.17) is 9.84 Å². The number of carbonyl (C=O) groups is 3. The first-order chi connectivity index (χ1) is 18.3. The minimum atomic E-state index is -0.944. The first-order valence-corrected chi connectivity index (χ1v) is 13.4. The van der Waals surface area contributed by atoms with Gasteiger partial charge in [-0.15, -0.1) is 11.8 Å². The molecule has 8 nitrogen and oxygen atoms in total. The number of ether oxygens (including phenoxy) is 1. The quantitative estimate of drug-likeness (QED) is 0.306. The number of benzene rings is 3. The molecule has 0 bridgehead atoms. The number of thioether (sulfide) groups is 1. The van der Waals surface area contributed by atoms with Gasteiger partial charge < -0.3 is 25.4 Å². The highest BCUT2D eigenvalue weighted by molar-refractivity contribution is 7.99. The van der Waals surface area contributed by atoms with Crippen molar-refractivity contribution in [3.05, 3.63) is 83.4 Å². The zero-order valence-electron chi connectivity index (χ0n) is 21.4. The number of aromatic carboxylic acids is 1. The standard InChI is InChI=1S/C29H31N3O5S/c1-19-6-3-4-8-24(19)30-29(36)31-25-14-9-20(16-26(25)37-2)17-27(33)32-15-5-7-22(32)18-38-23-12-10-21(11-13-23)28(34)35/h3-4,6,8-14,16,22H,5,7,15,17-18H2,1-2H3,(H,34,35)(H2,30,31,36). The fourth-order valence-electron chi connectivity index (χ4n) is 4.44. The van der Waals surface area contributed by atoms with Gasteiger partial charge in [-0.3, -0.25) is 4.79 Å². The second-order valence-electron chi connectivity index (χ2n) is 9.13. The van der Waals surface area contributed by atoms with E-state index in [9.17, 15) is 14.4 Å². The number of hydrogen-bond acceptors (Lipinski definition) is 5. The van der Waals surface area contributed by atoms with Crippen molar-refractivity contribution in [2.24, 2.45) is 0 Å². The maximum atomic E-state index is 13.2. The fraction of sp³-hybridized carbons (Fsp3) is 0.276. The molecule has 3 N–H and O–H groups in total. The van der Waals surface area contributed by atoms with Crippen molar-refractivity contribution in [3.63, 3.8) is 0 Å². The van der Waals surface area contributed by atoms with E-state index in [1.54, 1.807) is 48.2 Å². The van der Waals surface area contributed by atoms with Crippen molar-refractivity contribution in [1.29, 1.82) is 0 Å². The molecule has 0 aliphatic carbocycles. The van der Waals surface area contributed by atoms with E-state index in [1.807, 2.05) is 42.2 Å². The van der Waals surface area contributed by atoms with E-state index in [0.29, 0.717) is 11.4 Å². The lowest BCUT2D eigenvalue weighted by Crippen LogP contribution is -2.38. The van der Waals surface area contributed by atoms with Crippen LogP contribution in [0.5, 0.6) is 5.75 Å². The van der Waals surface area contributed by atoms with Crippen LogP contribution in [0.2, 0.25) is 0 Å². The molecule has 3 aromatic rings. The number of amides is 3. The highest BCUT2D eigenvalue weighted by atomic mass is 32.2. The fourth-order valence-corrected chi connectivity index (χ4v) is 5.50. The monoisotopic (exact) mass is 533 g/mol. The van der Waals surface area contributed by atoms with Gasteiger partial charge in [-0.2, -0.15) is 0 Å². The van der Waals surface area contributed by atoms with Crippen LogP contribution in [0.3, 0.4) is 0 Å². The zero-order chi connectivity index (χ0) is 27.1. The van der Waals surface area contributed by atoms with Crippen LogP contribution in [0.25, 0.3) is 0 Å². The van der Waals surface area contributed by atoms with E-state index in [0.717, 1.165) is 46.8 Å². The Morgan fingerprint density at radius 3 is 2.47 bits per heavy atom. The second-order valence-corrected chi connectivity index (χ2v) is 10.2. The summed E-state index contributed by atoms with van der Waals surface area (Å²) in [6.45, 7) is 2.64. The van der Waals surface area contributed by atoms with Gasteiger partial charge in [0.05, 0.1) is 24.8 Å². The second kappa shape index (κ2) is 12.5. The smallest absolute Gasteiger partial charge is 0.335 e. The molecular formula is C29H31N3O5S. The number of nitrogens with one attached hydrogen (secondary N) is 2. The van der Waals surface area contributed by atoms with Gasteiger partial charge in [-0.1, -0.05) is 24.3 Å². The van der Waals surface area contributed by atoms with Gasteiger partial charge in [0.15, 0.2) is 0 Å². The number of carboxylic acids is 1. The summed E-state index contributed by atoms with van der Waals surface area (Å²) >= 11 is 1.63. The van der Waals surface area contributed by atoms with Crippen molar-refractivity contribution < 1.29 is 24.2 Å². The number of rotatable bonds is 9. The molecule has 1 aliphatic rings. The van der Waals surface area contributed by atoms with Gasteiger partial charge in [0.2, 0.25) is 5.91 Å². The topological polar surface area (TPSA) is 108 Å². The summed E-state index contributed by atoms with van der Waals surface area (Å²) in [6, 6.07) is 19.4. The number of aryl methyl sites for hydroxylation is 1. The van der Waals surface area contributed by atoms with Crippen LogP contribution in [0, 0.1) is 6.92 Å².